The van der Waals surface area contributed by atoms with E-state index in [-0.39, 0.29) is 12.1 Å². The van der Waals surface area contributed by atoms with E-state index in [4.69, 9.17) is 0 Å². The van der Waals surface area contributed by atoms with Crippen LogP contribution in [0.15, 0.2) is 24.5 Å². The SMILES string of the molecule is CCCCC(c1cccnc1)N(C)C(=O)Nc1nc(C)ns1. The van der Waals surface area contributed by atoms with Gasteiger partial charge >= 0.3 is 6.03 Å². The average Bonchev–Trinajstić information content (AvgIpc) is 2.93. The van der Waals surface area contributed by atoms with Crippen LogP contribution in [-0.2, 0) is 0 Å². The highest BCUT2D eigenvalue weighted by atomic mass is 32.1. The lowest BCUT2D eigenvalue weighted by Gasteiger charge is -2.28. The first-order valence-corrected chi connectivity index (χ1v) is 8.13. The number of aromatic nitrogens is 3. The lowest BCUT2D eigenvalue weighted by atomic mass is 10.0. The molecule has 2 aromatic heterocycles. The predicted octanol–water partition coefficient (Wildman–Crippen LogP) is 3.64. The van der Waals surface area contributed by atoms with E-state index in [9.17, 15) is 4.79 Å². The van der Waals surface area contributed by atoms with Gasteiger partial charge in [0.1, 0.15) is 5.82 Å². The van der Waals surface area contributed by atoms with E-state index in [2.05, 4.69) is 26.6 Å². The summed E-state index contributed by atoms with van der Waals surface area (Å²) in [6.45, 7) is 3.94. The second-order valence-corrected chi connectivity index (χ2v) is 5.88. The van der Waals surface area contributed by atoms with E-state index >= 15 is 0 Å². The molecule has 22 heavy (non-hydrogen) atoms. The first-order chi connectivity index (χ1) is 10.6. The van der Waals surface area contributed by atoms with Crippen molar-refractivity contribution in [2.45, 2.75) is 39.2 Å². The molecular formula is C15H21N5OS. The van der Waals surface area contributed by atoms with Gasteiger partial charge in [0.15, 0.2) is 0 Å². The Labute approximate surface area is 134 Å². The van der Waals surface area contributed by atoms with Crippen LogP contribution < -0.4 is 5.32 Å². The fraction of sp³-hybridized carbons (Fsp3) is 0.467. The third-order valence-electron chi connectivity index (χ3n) is 3.43. The maximum atomic E-state index is 12.4. The third kappa shape index (κ3) is 4.24. The molecule has 2 rings (SSSR count). The molecule has 0 aliphatic carbocycles. The maximum absolute atomic E-state index is 12.4. The molecular weight excluding hydrogens is 298 g/mol. The topological polar surface area (TPSA) is 71.0 Å². The Balaban J connectivity index is 2.10. The number of nitrogens with one attached hydrogen (secondary N) is 1. The number of nitrogens with zero attached hydrogens (tertiary/aromatic N) is 4. The molecule has 1 atom stereocenters. The van der Waals surface area contributed by atoms with Crippen LogP contribution in [0.2, 0.25) is 0 Å². The summed E-state index contributed by atoms with van der Waals surface area (Å²) in [6, 6.07) is 3.73. The summed E-state index contributed by atoms with van der Waals surface area (Å²) < 4.78 is 4.07. The van der Waals surface area contributed by atoms with Gasteiger partial charge in [0, 0.05) is 31.0 Å². The Morgan fingerprint density at radius 3 is 2.91 bits per heavy atom. The van der Waals surface area contributed by atoms with Crippen LogP contribution in [0.3, 0.4) is 0 Å². The molecule has 7 heteroatoms. The Hall–Kier alpha value is -2.02. The molecule has 0 fully saturated rings. The van der Waals surface area contributed by atoms with Gasteiger partial charge in [0.05, 0.1) is 6.04 Å². The van der Waals surface area contributed by atoms with E-state index in [1.165, 1.54) is 11.5 Å². The molecule has 0 aliphatic rings. The molecule has 0 saturated heterocycles. The van der Waals surface area contributed by atoms with Crippen molar-refractivity contribution in [3.63, 3.8) is 0 Å². The minimum absolute atomic E-state index is 0.00247. The van der Waals surface area contributed by atoms with Crippen molar-refractivity contribution in [1.82, 2.24) is 19.2 Å². The summed E-state index contributed by atoms with van der Waals surface area (Å²) in [7, 11) is 1.80. The standard InChI is InChI=1S/C15H21N5OS/c1-4-5-8-13(12-7-6-9-16-10-12)20(3)15(21)18-14-17-11(2)19-22-14/h6-7,9-10,13H,4-5,8H2,1-3H3,(H,17,18,19,21). The quantitative estimate of drug-likeness (QED) is 0.882. The van der Waals surface area contributed by atoms with Crippen molar-refractivity contribution in [3.8, 4) is 0 Å². The number of aryl methyl sites for hydroxylation is 1. The van der Waals surface area contributed by atoms with Crippen molar-refractivity contribution in [2.75, 3.05) is 12.4 Å². The number of anilines is 1. The van der Waals surface area contributed by atoms with Gasteiger partial charge in [0.25, 0.3) is 0 Å². The van der Waals surface area contributed by atoms with Crippen LogP contribution in [0, 0.1) is 6.92 Å². The molecule has 0 radical (unpaired) electrons. The van der Waals surface area contributed by atoms with Gasteiger partial charge in [-0.15, -0.1) is 0 Å². The first-order valence-electron chi connectivity index (χ1n) is 7.36. The number of unbranched alkanes of at least 4 members (excludes halogenated alkanes) is 1. The minimum atomic E-state index is -0.180. The van der Waals surface area contributed by atoms with Gasteiger partial charge in [-0.05, 0) is 25.0 Å². The Bertz CT molecular complexity index is 601. The molecule has 0 spiro atoms. The number of rotatable bonds is 6. The highest BCUT2D eigenvalue weighted by molar-refractivity contribution is 7.09. The number of carbonyl (C=O) groups is 1. The normalized spacial score (nSPS) is 12.0. The molecule has 118 valence electrons. The molecule has 1 N–H and O–H groups in total. The molecule has 0 aliphatic heterocycles. The number of hydrogen-bond donors (Lipinski definition) is 1. The number of pyridine rings is 1. The Morgan fingerprint density at radius 2 is 2.32 bits per heavy atom. The van der Waals surface area contributed by atoms with E-state index in [0.717, 1.165) is 24.8 Å². The number of carbonyl (C=O) groups excluding carboxylic acids is 1. The summed E-state index contributed by atoms with van der Waals surface area (Å²) in [6.07, 6.45) is 6.60. The van der Waals surface area contributed by atoms with Crippen LogP contribution in [0.5, 0.6) is 0 Å². The molecule has 2 aromatic rings. The fourth-order valence-electron chi connectivity index (χ4n) is 2.22. The molecule has 2 amide bonds. The van der Waals surface area contributed by atoms with Gasteiger partial charge in [-0.2, -0.15) is 4.37 Å². The van der Waals surface area contributed by atoms with E-state index < -0.39 is 0 Å². The zero-order valence-electron chi connectivity index (χ0n) is 13.1. The van der Waals surface area contributed by atoms with Gasteiger partial charge in [-0.25, -0.2) is 9.78 Å². The van der Waals surface area contributed by atoms with E-state index in [1.54, 1.807) is 25.1 Å². The zero-order chi connectivity index (χ0) is 15.9. The molecule has 0 aromatic carbocycles. The van der Waals surface area contributed by atoms with Gasteiger partial charge in [0.2, 0.25) is 5.13 Å². The second-order valence-electron chi connectivity index (χ2n) is 5.13. The van der Waals surface area contributed by atoms with Crippen molar-refractivity contribution < 1.29 is 4.79 Å². The summed E-state index contributed by atoms with van der Waals surface area (Å²) in [5, 5.41) is 3.32. The third-order valence-corrected chi connectivity index (χ3v) is 4.15. The zero-order valence-corrected chi connectivity index (χ0v) is 13.9. The van der Waals surface area contributed by atoms with Crippen molar-refractivity contribution in [2.24, 2.45) is 0 Å². The van der Waals surface area contributed by atoms with Crippen LogP contribution in [0.4, 0.5) is 9.93 Å². The van der Waals surface area contributed by atoms with Gasteiger partial charge in [-0.1, -0.05) is 25.8 Å². The second kappa shape index (κ2) is 7.84. The molecule has 0 saturated carbocycles. The van der Waals surface area contributed by atoms with Crippen LogP contribution in [0.25, 0.3) is 0 Å². The summed E-state index contributed by atoms with van der Waals surface area (Å²) in [5.74, 6) is 0.665. The van der Waals surface area contributed by atoms with Crippen LogP contribution >= 0.6 is 11.5 Å². The molecule has 0 bridgehead atoms. The Morgan fingerprint density at radius 1 is 1.50 bits per heavy atom. The van der Waals surface area contributed by atoms with E-state index in [1.807, 2.05) is 18.3 Å². The number of amides is 2. The lowest BCUT2D eigenvalue weighted by Crippen LogP contribution is -2.35. The molecule has 1 unspecified atom stereocenters. The average molecular weight is 319 g/mol. The first kappa shape index (κ1) is 16.4. The monoisotopic (exact) mass is 319 g/mol. The summed E-state index contributed by atoms with van der Waals surface area (Å²) in [5.41, 5.74) is 1.04. The van der Waals surface area contributed by atoms with E-state index in [0.29, 0.717) is 11.0 Å². The van der Waals surface area contributed by atoms with Crippen molar-refractivity contribution in [3.05, 3.63) is 35.9 Å². The van der Waals surface area contributed by atoms with Crippen molar-refractivity contribution in [1.29, 1.82) is 0 Å². The summed E-state index contributed by atoms with van der Waals surface area (Å²) in [4.78, 5) is 22.5. The smallest absolute Gasteiger partial charge is 0.320 e. The largest absolute Gasteiger partial charge is 0.323 e. The minimum Gasteiger partial charge on any atom is -0.320 e. The van der Waals surface area contributed by atoms with Crippen LogP contribution in [-0.4, -0.2) is 32.3 Å². The predicted molar refractivity (Wildman–Crippen MR) is 87.9 cm³/mol. The molecule has 2 heterocycles. The van der Waals surface area contributed by atoms with Gasteiger partial charge < -0.3 is 4.90 Å². The van der Waals surface area contributed by atoms with Crippen molar-refractivity contribution >= 4 is 22.7 Å². The van der Waals surface area contributed by atoms with Crippen LogP contribution in [0.1, 0.15) is 43.6 Å². The lowest BCUT2D eigenvalue weighted by molar-refractivity contribution is 0.199. The number of hydrogen-bond acceptors (Lipinski definition) is 5. The highest BCUT2D eigenvalue weighted by Gasteiger charge is 2.22. The number of urea groups is 1. The summed E-state index contributed by atoms with van der Waals surface area (Å²) >= 11 is 1.19. The maximum Gasteiger partial charge on any atom is 0.323 e. The Kier molecular flexibility index (Phi) is 5.83. The fourth-order valence-corrected chi connectivity index (χ4v) is 2.79. The molecule has 6 nitrogen and oxygen atoms in total. The highest BCUT2D eigenvalue weighted by Crippen LogP contribution is 2.25. The van der Waals surface area contributed by atoms with Gasteiger partial charge in [-0.3, -0.25) is 10.3 Å².